The van der Waals surface area contributed by atoms with E-state index < -0.39 is 0 Å². The van der Waals surface area contributed by atoms with E-state index in [2.05, 4.69) is 10.2 Å². The van der Waals surface area contributed by atoms with Gasteiger partial charge in [-0.1, -0.05) is 0 Å². The van der Waals surface area contributed by atoms with Gasteiger partial charge in [-0.25, -0.2) is 0 Å². The van der Waals surface area contributed by atoms with Crippen LogP contribution in [0, 0.1) is 0 Å². The van der Waals surface area contributed by atoms with Crippen molar-refractivity contribution >= 4 is 11.6 Å². The minimum absolute atomic E-state index is 0.144. The number of Topliss-reactive ketones (excluding diaryl/α,β-unsaturated/α-hetero) is 2. The Kier molecular flexibility index (Phi) is 2.28. The summed E-state index contributed by atoms with van der Waals surface area (Å²) in [6.07, 6.45) is 1.39. The molecule has 1 rings (SSSR count). The summed E-state index contributed by atoms with van der Waals surface area (Å²) >= 11 is 0. The fourth-order valence-corrected chi connectivity index (χ4v) is 0.876. The lowest BCUT2D eigenvalue weighted by Gasteiger charge is -1.98. The first-order valence-electron chi connectivity index (χ1n) is 3.46. The molecular formula is C8H8N2O2. The highest BCUT2D eigenvalue weighted by atomic mass is 16.1. The lowest BCUT2D eigenvalue weighted by atomic mass is 10.1. The maximum absolute atomic E-state index is 11.0. The van der Waals surface area contributed by atoms with Crippen molar-refractivity contribution in [3.8, 4) is 0 Å². The Morgan fingerprint density at radius 1 is 1.25 bits per heavy atom. The molecule has 0 radical (unpaired) electrons. The quantitative estimate of drug-likeness (QED) is 0.609. The van der Waals surface area contributed by atoms with Crippen LogP contribution in [-0.2, 0) is 0 Å². The summed E-state index contributed by atoms with van der Waals surface area (Å²) in [7, 11) is 0. The molecule has 1 aromatic rings. The van der Waals surface area contributed by atoms with Gasteiger partial charge in [0, 0.05) is 6.92 Å². The molecule has 0 unspecified atom stereocenters. The van der Waals surface area contributed by atoms with Crippen LogP contribution >= 0.6 is 0 Å². The number of carbonyl (C=O) groups excluding carboxylic acids is 2. The molecular weight excluding hydrogens is 156 g/mol. The molecule has 0 amide bonds. The van der Waals surface area contributed by atoms with Crippen molar-refractivity contribution in [1.82, 2.24) is 10.2 Å². The molecule has 1 aromatic heterocycles. The van der Waals surface area contributed by atoms with Gasteiger partial charge in [-0.05, 0) is 13.0 Å². The Labute approximate surface area is 69.6 Å². The molecule has 12 heavy (non-hydrogen) atoms. The van der Waals surface area contributed by atoms with Gasteiger partial charge in [-0.15, -0.1) is 5.10 Å². The third-order valence-corrected chi connectivity index (χ3v) is 1.43. The molecule has 62 valence electrons. The first-order chi connectivity index (χ1) is 5.63. The topological polar surface area (TPSA) is 59.9 Å². The normalized spacial score (nSPS) is 9.50. The molecule has 0 fully saturated rings. The average molecular weight is 164 g/mol. The van der Waals surface area contributed by atoms with Crippen LogP contribution in [0.5, 0.6) is 0 Å². The summed E-state index contributed by atoms with van der Waals surface area (Å²) < 4.78 is 0. The molecule has 4 nitrogen and oxygen atoms in total. The molecule has 0 saturated heterocycles. The lowest BCUT2D eigenvalue weighted by Crippen LogP contribution is -2.07. The Morgan fingerprint density at radius 2 is 1.92 bits per heavy atom. The summed E-state index contributed by atoms with van der Waals surface area (Å²) in [5, 5.41) is 7.10. The smallest absolute Gasteiger partial charge is 0.180 e. The summed E-state index contributed by atoms with van der Waals surface area (Å²) in [5.74, 6) is -0.414. The molecule has 0 aromatic carbocycles. The zero-order valence-electron chi connectivity index (χ0n) is 6.87. The van der Waals surface area contributed by atoms with E-state index in [1.54, 1.807) is 0 Å². The van der Waals surface area contributed by atoms with Gasteiger partial charge in [0.15, 0.2) is 11.6 Å². The zero-order valence-corrected chi connectivity index (χ0v) is 6.87. The molecule has 4 heteroatoms. The van der Waals surface area contributed by atoms with Crippen LogP contribution < -0.4 is 0 Å². The summed E-state index contributed by atoms with van der Waals surface area (Å²) in [6.45, 7) is 2.75. The van der Waals surface area contributed by atoms with E-state index in [1.165, 1.54) is 26.1 Å². The molecule has 0 aliphatic rings. The van der Waals surface area contributed by atoms with Gasteiger partial charge in [0.25, 0.3) is 0 Å². The number of carbonyl (C=O) groups is 2. The van der Waals surface area contributed by atoms with Crippen LogP contribution in [0.25, 0.3) is 0 Å². The van der Waals surface area contributed by atoms with Gasteiger partial charge in [0.05, 0.1) is 11.8 Å². The highest BCUT2D eigenvalue weighted by Crippen LogP contribution is 2.04. The SMILES string of the molecule is CC(=O)c1ccnnc1C(C)=O. The van der Waals surface area contributed by atoms with Crippen LogP contribution in [0.15, 0.2) is 12.3 Å². The summed E-state index contributed by atoms with van der Waals surface area (Å²) in [6, 6.07) is 1.49. The zero-order chi connectivity index (χ0) is 9.14. The van der Waals surface area contributed by atoms with E-state index in [9.17, 15) is 9.59 Å². The molecule has 0 aliphatic carbocycles. The van der Waals surface area contributed by atoms with Crippen LogP contribution in [0.1, 0.15) is 34.7 Å². The first kappa shape index (κ1) is 8.52. The van der Waals surface area contributed by atoms with E-state index in [4.69, 9.17) is 0 Å². The minimum Gasteiger partial charge on any atom is -0.294 e. The second kappa shape index (κ2) is 3.21. The van der Waals surface area contributed by atoms with Crippen LogP contribution in [0.4, 0.5) is 0 Å². The standard InChI is InChI=1S/C8H8N2O2/c1-5(11)7-3-4-9-10-8(7)6(2)12/h3-4H,1-2H3. The van der Waals surface area contributed by atoms with Gasteiger partial charge in [0.2, 0.25) is 0 Å². The number of nitrogens with zero attached hydrogens (tertiary/aromatic N) is 2. The third-order valence-electron chi connectivity index (χ3n) is 1.43. The monoisotopic (exact) mass is 164 g/mol. The Bertz CT molecular complexity index is 301. The van der Waals surface area contributed by atoms with Crippen LogP contribution in [-0.4, -0.2) is 21.8 Å². The summed E-state index contributed by atoms with van der Waals surface area (Å²) in [4.78, 5) is 21.9. The van der Waals surface area contributed by atoms with Gasteiger partial charge in [-0.2, -0.15) is 5.10 Å². The van der Waals surface area contributed by atoms with Gasteiger partial charge >= 0.3 is 0 Å². The van der Waals surface area contributed by atoms with Crippen molar-refractivity contribution in [3.05, 3.63) is 23.5 Å². The largest absolute Gasteiger partial charge is 0.294 e. The first-order valence-corrected chi connectivity index (χ1v) is 3.46. The van der Waals surface area contributed by atoms with E-state index in [0.29, 0.717) is 5.56 Å². The number of hydrogen-bond donors (Lipinski definition) is 0. The average Bonchev–Trinajstić information content (AvgIpc) is 2.04. The number of aromatic nitrogens is 2. The van der Waals surface area contributed by atoms with Crippen LogP contribution in [0.2, 0.25) is 0 Å². The number of rotatable bonds is 2. The highest BCUT2D eigenvalue weighted by molar-refractivity contribution is 6.05. The van der Waals surface area contributed by atoms with Crippen molar-refractivity contribution in [1.29, 1.82) is 0 Å². The Morgan fingerprint density at radius 3 is 2.33 bits per heavy atom. The predicted molar refractivity (Wildman–Crippen MR) is 42.0 cm³/mol. The predicted octanol–water partition coefficient (Wildman–Crippen LogP) is 0.882. The minimum atomic E-state index is -0.242. The molecule has 1 heterocycles. The van der Waals surface area contributed by atoms with Crippen molar-refractivity contribution in [2.24, 2.45) is 0 Å². The van der Waals surface area contributed by atoms with Crippen LogP contribution in [0.3, 0.4) is 0 Å². The molecule has 0 N–H and O–H groups in total. The van der Waals surface area contributed by atoms with Gasteiger partial charge < -0.3 is 0 Å². The number of hydrogen-bond acceptors (Lipinski definition) is 4. The van der Waals surface area contributed by atoms with E-state index >= 15 is 0 Å². The van der Waals surface area contributed by atoms with E-state index in [0.717, 1.165) is 0 Å². The van der Waals surface area contributed by atoms with Crippen molar-refractivity contribution in [2.45, 2.75) is 13.8 Å². The summed E-state index contributed by atoms with van der Waals surface area (Å²) in [5.41, 5.74) is 0.475. The number of ketones is 2. The van der Waals surface area contributed by atoms with Gasteiger partial charge in [-0.3, -0.25) is 9.59 Å². The fourth-order valence-electron chi connectivity index (χ4n) is 0.876. The van der Waals surface area contributed by atoms with E-state index in [1.807, 2.05) is 0 Å². The Hall–Kier alpha value is -1.58. The molecule has 0 saturated carbocycles. The van der Waals surface area contributed by atoms with Gasteiger partial charge in [0.1, 0.15) is 5.69 Å². The van der Waals surface area contributed by atoms with Crippen molar-refractivity contribution < 1.29 is 9.59 Å². The van der Waals surface area contributed by atoms with Crippen molar-refractivity contribution in [2.75, 3.05) is 0 Å². The molecule has 0 spiro atoms. The lowest BCUT2D eigenvalue weighted by molar-refractivity contribution is 0.0976. The maximum Gasteiger partial charge on any atom is 0.180 e. The second-order valence-electron chi connectivity index (χ2n) is 2.41. The molecule has 0 bridgehead atoms. The second-order valence-corrected chi connectivity index (χ2v) is 2.41. The maximum atomic E-state index is 11.0. The highest BCUT2D eigenvalue weighted by Gasteiger charge is 2.11. The fraction of sp³-hybridized carbons (Fsp3) is 0.250. The Balaban J connectivity index is 3.27. The van der Waals surface area contributed by atoms with Crippen molar-refractivity contribution in [3.63, 3.8) is 0 Å². The van der Waals surface area contributed by atoms with E-state index in [-0.39, 0.29) is 17.3 Å². The molecule has 0 aliphatic heterocycles. The molecule has 0 atom stereocenters. The third kappa shape index (κ3) is 1.53.